The fourth-order valence-electron chi connectivity index (χ4n) is 5.37. The highest BCUT2D eigenvalue weighted by Gasteiger charge is 2.26. The molecule has 5 N–H and O–H groups in total. The molecule has 216 valence electrons. The number of hydrogen-bond acceptors (Lipinski definition) is 4. The van der Waals surface area contributed by atoms with Crippen molar-refractivity contribution in [1.29, 1.82) is 0 Å². The number of hydrogen-bond donors (Lipinski definition) is 3. The number of aryl methyl sites for hydroxylation is 1. The van der Waals surface area contributed by atoms with E-state index in [0.29, 0.717) is 40.4 Å². The number of ether oxygens (including phenoxy) is 1. The molecule has 1 aliphatic heterocycles. The molecule has 5 rings (SSSR count). The summed E-state index contributed by atoms with van der Waals surface area (Å²) in [7, 11) is 0. The zero-order chi connectivity index (χ0) is 29.1. The van der Waals surface area contributed by atoms with Gasteiger partial charge in [0.1, 0.15) is 5.65 Å². The van der Waals surface area contributed by atoms with Gasteiger partial charge in [0.15, 0.2) is 11.8 Å². The van der Waals surface area contributed by atoms with Gasteiger partial charge < -0.3 is 21.2 Å². The minimum atomic E-state index is -0.496. The number of rotatable bonds is 10. The molecular weight excluding hydrogens is 543 g/mol. The lowest BCUT2D eigenvalue weighted by molar-refractivity contribution is 0.0415. The standard InChI is InChI=1S/C31H36ClFN6O2/c1-18(2)4-3-5-19-14-24(28(33)25(32)15-19)26-16-21-17-39(31(40)38-29(21)37-26)22-8-6-20(7-9-22)27-11-10-23(41-27)12-13-36-30(34)35/h6-9,14-18,23,27H,3-5,10-13H2,1-2H3,(H4,34,35,36)(H,37,38,40)/t23-,27-/m1/s1. The lowest BCUT2D eigenvalue weighted by Crippen LogP contribution is -2.23. The molecule has 0 unspecified atom stereocenters. The van der Waals surface area contributed by atoms with Crippen LogP contribution in [0.2, 0.25) is 5.02 Å². The van der Waals surface area contributed by atoms with E-state index in [1.807, 2.05) is 30.3 Å². The molecule has 4 aromatic rings. The molecule has 2 atom stereocenters. The van der Waals surface area contributed by atoms with Crippen molar-refractivity contribution >= 4 is 28.6 Å². The van der Waals surface area contributed by atoms with Crippen molar-refractivity contribution in [2.75, 3.05) is 6.54 Å². The van der Waals surface area contributed by atoms with Crippen LogP contribution in [0.3, 0.4) is 0 Å². The quantitative estimate of drug-likeness (QED) is 0.156. The summed E-state index contributed by atoms with van der Waals surface area (Å²) in [4.78, 5) is 24.3. The maximum atomic E-state index is 15.1. The van der Waals surface area contributed by atoms with Crippen LogP contribution in [0.15, 0.2) is 58.4 Å². The first-order chi connectivity index (χ1) is 19.7. The Kier molecular flexibility index (Phi) is 8.75. The molecule has 1 saturated heterocycles. The maximum Gasteiger partial charge on any atom is 0.354 e. The molecule has 8 nitrogen and oxygen atoms in total. The summed E-state index contributed by atoms with van der Waals surface area (Å²) in [6, 6.07) is 13.0. The molecule has 41 heavy (non-hydrogen) atoms. The second-order valence-corrected chi connectivity index (χ2v) is 11.5. The van der Waals surface area contributed by atoms with E-state index in [-0.39, 0.29) is 23.2 Å². The number of aliphatic imine (C=N–C) groups is 1. The van der Waals surface area contributed by atoms with Crippen molar-refractivity contribution in [3.05, 3.63) is 81.1 Å². The monoisotopic (exact) mass is 578 g/mol. The van der Waals surface area contributed by atoms with Crippen LogP contribution in [0.4, 0.5) is 4.39 Å². The van der Waals surface area contributed by atoms with Crippen LogP contribution in [-0.4, -0.2) is 33.1 Å². The van der Waals surface area contributed by atoms with E-state index in [4.69, 9.17) is 27.8 Å². The van der Waals surface area contributed by atoms with Crippen molar-refractivity contribution in [2.45, 2.75) is 64.6 Å². The molecule has 0 aliphatic carbocycles. The Balaban J connectivity index is 1.35. The smallest absolute Gasteiger partial charge is 0.354 e. The summed E-state index contributed by atoms with van der Waals surface area (Å²) >= 11 is 6.26. The van der Waals surface area contributed by atoms with Crippen LogP contribution in [0, 0.1) is 11.7 Å². The van der Waals surface area contributed by atoms with E-state index in [0.717, 1.165) is 49.7 Å². The summed E-state index contributed by atoms with van der Waals surface area (Å²) in [6.45, 7) is 4.91. The largest absolute Gasteiger partial charge is 0.370 e. The lowest BCUT2D eigenvalue weighted by atomic mass is 10.00. The third-order valence-electron chi connectivity index (χ3n) is 7.53. The minimum Gasteiger partial charge on any atom is -0.370 e. The van der Waals surface area contributed by atoms with E-state index >= 15 is 4.39 Å². The number of nitrogens with one attached hydrogen (secondary N) is 1. The molecule has 1 fully saturated rings. The maximum absolute atomic E-state index is 15.1. The van der Waals surface area contributed by atoms with Gasteiger partial charge in [-0.2, -0.15) is 4.98 Å². The first-order valence-corrected chi connectivity index (χ1v) is 14.5. The zero-order valence-electron chi connectivity index (χ0n) is 23.4. The highest BCUT2D eigenvalue weighted by molar-refractivity contribution is 6.31. The number of halogens is 2. The second kappa shape index (κ2) is 12.4. The average Bonchev–Trinajstić information content (AvgIpc) is 3.57. The van der Waals surface area contributed by atoms with Crippen molar-refractivity contribution in [1.82, 2.24) is 14.5 Å². The fraction of sp³-hybridized carbons (Fsp3) is 0.387. The normalized spacial score (nSPS) is 17.0. The molecule has 10 heteroatoms. The van der Waals surface area contributed by atoms with Crippen LogP contribution in [0.5, 0.6) is 0 Å². The Bertz CT molecular complexity index is 1610. The number of benzene rings is 2. The average molecular weight is 579 g/mol. The molecule has 0 radical (unpaired) electrons. The van der Waals surface area contributed by atoms with Crippen molar-refractivity contribution in [3.8, 4) is 16.9 Å². The minimum absolute atomic E-state index is 0.0133. The molecule has 0 bridgehead atoms. The predicted molar refractivity (Wildman–Crippen MR) is 162 cm³/mol. The number of fused-ring (bicyclic) bond motifs is 1. The number of aromatic amines is 1. The Hall–Kier alpha value is -3.69. The number of aromatic nitrogens is 3. The van der Waals surface area contributed by atoms with E-state index < -0.39 is 11.5 Å². The van der Waals surface area contributed by atoms with Gasteiger partial charge in [-0.1, -0.05) is 44.0 Å². The van der Waals surface area contributed by atoms with Crippen LogP contribution in [0.25, 0.3) is 28.0 Å². The summed E-state index contributed by atoms with van der Waals surface area (Å²) in [5.41, 5.74) is 14.4. The van der Waals surface area contributed by atoms with E-state index in [1.54, 1.807) is 18.3 Å². The van der Waals surface area contributed by atoms with Crippen LogP contribution in [0.1, 0.15) is 63.2 Å². The Labute approximate surface area is 243 Å². The second-order valence-electron chi connectivity index (χ2n) is 11.1. The zero-order valence-corrected chi connectivity index (χ0v) is 24.1. The van der Waals surface area contributed by atoms with E-state index in [9.17, 15) is 4.79 Å². The summed E-state index contributed by atoms with van der Waals surface area (Å²) in [5.74, 6) is 0.196. The van der Waals surface area contributed by atoms with Gasteiger partial charge >= 0.3 is 5.69 Å². The SMILES string of the molecule is CC(C)CCCc1cc(Cl)c(F)c(-c2cc3cn(-c4ccc([C@H]5CC[C@H](CCN=C(N)N)O5)cc4)c(=O)nc3[nH]2)c1. The summed E-state index contributed by atoms with van der Waals surface area (Å²) < 4.78 is 22.8. The summed E-state index contributed by atoms with van der Waals surface area (Å²) in [5, 5.41) is 0.770. The first kappa shape index (κ1) is 28.8. The first-order valence-electron chi connectivity index (χ1n) is 14.1. The summed E-state index contributed by atoms with van der Waals surface area (Å²) in [6.07, 6.45) is 7.33. The van der Waals surface area contributed by atoms with Gasteiger partial charge in [-0.05, 0) is 79.5 Å². The third kappa shape index (κ3) is 6.80. The topological polar surface area (TPSA) is 124 Å². The Morgan fingerprint density at radius 3 is 2.73 bits per heavy atom. The Morgan fingerprint density at radius 1 is 1.22 bits per heavy atom. The van der Waals surface area contributed by atoms with Gasteiger partial charge in [-0.3, -0.25) is 9.56 Å². The number of guanidine groups is 1. The molecule has 0 spiro atoms. The molecular formula is C31H36ClFN6O2. The van der Waals surface area contributed by atoms with Crippen LogP contribution < -0.4 is 17.2 Å². The van der Waals surface area contributed by atoms with Gasteiger partial charge in [-0.15, -0.1) is 0 Å². The van der Waals surface area contributed by atoms with E-state index in [1.165, 1.54) is 4.57 Å². The number of nitrogens with two attached hydrogens (primary N) is 2. The molecule has 3 heterocycles. The van der Waals surface area contributed by atoms with Gasteiger partial charge in [-0.25, -0.2) is 9.18 Å². The van der Waals surface area contributed by atoms with Crippen molar-refractivity contribution in [2.24, 2.45) is 22.4 Å². The molecule has 2 aromatic heterocycles. The van der Waals surface area contributed by atoms with E-state index in [2.05, 4.69) is 28.8 Å². The molecule has 0 saturated carbocycles. The molecule has 0 amide bonds. The highest BCUT2D eigenvalue weighted by atomic mass is 35.5. The highest BCUT2D eigenvalue weighted by Crippen LogP contribution is 2.35. The lowest BCUT2D eigenvalue weighted by Gasteiger charge is -2.14. The van der Waals surface area contributed by atoms with Crippen molar-refractivity contribution < 1.29 is 9.13 Å². The molecule has 1 aliphatic rings. The van der Waals surface area contributed by atoms with Gasteiger partial charge in [0, 0.05) is 23.7 Å². The third-order valence-corrected chi connectivity index (χ3v) is 7.80. The van der Waals surface area contributed by atoms with Gasteiger partial charge in [0.05, 0.1) is 28.6 Å². The molecule has 2 aromatic carbocycles. The van der Waals surface area contributed by atoms with Crippen molar-refractivity contribution in [3.63, 3.8) is 0 Å². The van der Waals surface area contributed by atoms with Crippen LogP contribution >= 0.6 is 11.6 Å². The Morgan fingerprint density at radius 2 is 2.00 bits per heavy atom. The fourth-order valence-corrected chi connectivity index (χ4v) is 5.62. The number of nitrogens with zero attached hydrogens (tertiary/aromatic N) is 3. The van der Waals surface area contributed by atoms with Gasteiger partial charge in [0.25, 0.3) is 0 Å². The predicted octanol–water partition coefficient (Wildman–Crippen LogP) is 6.04. The number of H-pyrrole nitrogens is 1. The van der Waals surface area contributed by atoms with Gasteiger partial charge in [0.2, 0.25) is 0 Å². The van der Waals surface area contributed by atoms with Crippen LogP contribution in [-0.2, 0) is 11.2 Å².